The molecular formula is C31H23F4N3O4S. The number of ether oxygens (including phenoxy) is 1. The summed E-state index contributed by atoms with van der Waals surface area (Å²) >= 11 is 0.977. The van der Waals surface area contributed by atoms with Crippen molar-refractivity contribution in [1.29, 1.82) is 0 Å². The summed E-state index contributed by atoms with van der Waals surface area (Å²) in [6.45, 7) is 0. The van der Waals surface area contributed by atoms with Gasteiger partial charge < -0.3 is 20.7 Å². The molecule has 12 heteroatoms. The molecular weight excluding hydrogens is 586 g/mol. The number of rotatable bonds is 10. The molecule has 0 saturated heterocycles. The number of hydrogen-bond donors (Lipinski definition) is 3. The molecule has 0 unspecified atom stereocenters. The zero-order valence-corrected chi connectivity index (χ0v) is 23.2. The molecule has 43 heavy (non-hydrogen) atoms. The van der Waals surface area contributed by atoms with Crippen molar-refractivity contribution < 1.29 is 36.7 Å². The third kappa shape index (κ3) is 8.23. The van der Waals surface area contributed by atoms with Gasteiger partial charge in [0.2, 0.25) is 5.91 Å². The van der Waals surface area contributed by atoms with E-state index in [4.69, 9.17) is 4.74 Å². The molecule has 0 fully saturated rings. The van der Waals surface area contributed by atoms with Gasteiger partial charge in [0, 0.05) is 22.2 Å². The summed E-state index contributed by atoms with van der Waals surface area (Å²) in [5.74, 6) is -8.39. The summed E-state index contributed by atoms with van der Waals surface area (Å²) in [7, 11) is 1.53. The lowest BCUT2D eigenvalue weighted by Gasteiger charge is -2.12. The second-order valence-corrected chi connectivity index (χ2v) is 9.86. The van der Waals surface area contributed by atoms with Crippen molar-refractivity contribution in [2.24, 2.45) is 0 Å². The minimum Gasteiger partial charge on any atom is -0.497 e. The number of carbonyl (C=O) groups is 3. The maximum atomic E-state index is 13.8. The number of carbonyl (C=O) groups excluding carboxylic acids is 3. The van der Waals surface area contributed by atoms with Crippen molar-refractivity contribution in [3.63, 3.8) is 0 Å². The van der Waals surface area contributed by atoms with Crippen LogP contribution in [-0.2, 0) is 9.59 Å². The van der Waals surface area contributed by atoms with Crippen LogP contribution in [0.15, 0.2) is 95.5 Å². The van der Waals surface area contributed by atoms with Gasteiger partial charge in [0.25, 0.3) is 11.8 Å². The Morgan fingerprint density at radius 1 is 0.814 bits per heavy atom. The van der Waals surface area contributed by atoms with Crippen molar-refractivity contribution in [3.8, 4) is 5.75 Å². The first-order valence-corrected chi connectivity index (χ1v) is 13.5. The summed E-state index contributed by atoms with van der Waals surface area (Å²) in [6.07, 6.45) is 1.51. The second-order valence-electron chi connectivity index (χ2n) is 8.81. The van der Waals surface area contributed by atoms with Crippen molar-refractivity contribution in [1.82, 2.24) is 5.32 Å². The topological polar surface area (TPSA) is 96.5 Å². The monoisotopic (exact) mass is 609 g/mol. The molecule has 0 heterocycles. The van der Waals surface area contributed by atoms with Crippen LogP contribution in [-0.4, -0.2) is 30.6 Å². The first kappa shape index (κ1) is 30.8. The molecule has 0 saturated carbocycles. The molecule has 0 atom stereocenters. The van der Waals surface area contributed by atoms with E-state index in [0.29, 0.717) is 27.5 Å². The first-order valence-electron chi connectivity index (χ1n) is 12.5. The Hall–Kier alpha value is -5.10. The van der Waals surface area contributed by atoms with Crippen LogP contribution in [0.25, 0.3) is 6.08 Å². The predicted octanol–water partition coefficient (Wildman–Crippen LogP) is 6.39. The minimum absolute atomic E-state index is 0.0256. The lowest BCUT2D eigenvalue weighted by atomic mass is 10.1. The Morgan fingerprint density at radius 3 is 2.05 bits per heavy atom. The molecule has 0 radical (unpaired) electrons. The summed E-state index contributed by atoms with van der Waals surface area (Å²) in [5, 5.41) is 7.18. The summed E-state index contributed by atoms with van der Waals surface area (Å²) < 4.78 is 59.5. The molecule has 0 aliphatic carbocycles. The number of thioether (sulfide) groups is 1. The Morgan fingerprint density at radius 2 is 1.44 bits per heavy atom. The number of anilines is 2. The summed E-state index contributed by atoms with van der Waals surface area (Å²) in [4.78, 5) is 38.7. The molecule has 220 valence electrons. The van der Waals surface area contributed by atoms with Crippen LogP contribution >= 0.6 is 11.8 Å². The zero-order chi connectivity index (χ0) is 30.9. The molecule has 3 N–H and O–H groups in total. The van der Waals surface area contributed by atoms with Gasteiger partial charge in [0.15, 0.2) is 23.3 Å². The highest BCUT2D eigenvalue weighted by Crippen LogP contribution is 2.26. The van der Waals surface area contributed by atoms with Gasteiger partial charge in [0.05, 0.1) is 12.9 Å². The fourth-order valence-corrected chi connectivity index (χ4v) is 4.35. The molecule has 3 amide bonds. The number of methoxy groups -OCH3 is 1. The largest absolute Gasteiger partial charge is 0.497 e. The maximum absolute atomic E-state index is 13.8. The summed E-state index contributed by atoms with van der Waals surface area (Å²) in [5.41, 5.74) is 0.119. The highest BCUT2D eigenvalue weighted by Gasteiger charge is 2.21. The van der Waals surface area contributed by atoms with E-state index in [1.165, 1.54) is 13.2 Å². The van der Waals surface area contributed by atoms with Gasteiger partial charge in [-0.25, -0.2) is 17.6 Å². The van der Waals surface area contributed by atoms with E-state index in [2.05, 4.69) is 10.6 Å². The molecule has 4 aromatic carbocycles. The number of halogens is 4. The lowest BCUT2D eigenvalue weighted by Crippen LogP contribution is -2.30. The van der Waals surface area contributed by atoms with Crippen LogP contribution in [0.2, 0.25) is 0 Å². The van der Waals surface area contributed by atoms with Gasteiger partial charge in [-0.1, -0.05) is 30.3 Å². The van der Waals surface area contributed by atoms with Gasteiger partial charge >= 0.3 is 0 Å². The van der Waals surface area contributed by atoms with E-state index in [-0.39, 0.29) is 17.5 Å². The van der Waals surface area contributed by atoms with E-state index in [9.17, 15) is 31.9 Å². The molecule has 4 aromatic rings. The van der Waals surface area contributed by atoms with Gasteiger partial charge in [-0.15, -0.1) is 11.8 Å². The van der Waals surface area contributed by atoms with E-state index >= 15 is 0 Å². The highest BCUT2D eigenvalue weighted by atomic mass is 32.2. The van der Waals surface area contributed by atoms with Gasteiger partial charge in [0.1, 0.15) is 17.1 Å². The van der Waals surface area contributed by atoms with Crippen molar-refractivity contribution in [2.75, 3.05) is 23.5 Å². The summed E-state index contributed by atoms with van der Waals surface area (Å²) in [6, 6.07) is 21.5. The smallest absolute Gasteiger partial charge is 0.272 e. The van der Waals surface area contributed by atoms with E-state index in [1.54, 1.807) is 78.9 Å². The molecule has 0 aliphatic rings. The second kappa shape index (κ2) is 14.2. The normalized spacial score (nSPS) is 11.0. The van der Waals surface area contributed by atoms with Crippen molar-refractivity contribution >= 4 is 46.9 Å². The van der Waals surface area contributed by atoms with Gasteiger partial charge in [-0.2, -0.15) is 0 Å². The van der Waals surface area contributed by atoms with Crippen LogP contribution in [0.5, 0.6) is 5.75 Å². The van der Waals surface area contributed by atoms with Crippen molar-refractivity contribution in [3.05, 3.63) is 125 Å². The van der Waals surface area contributed by atoms with Crippen LogP contribution < -0.4 is 20.7 Å². The van der Waals surface area contributed by atoms with Gasteiger partial charge in [-0.05, 0) is 60.2 Å². The Bertz CT molecular complexity index is 1640. The van der Waals surface area contributed by atoms with Crippen LogP contribution in [0.1, 0.15) is 15.9 Å². The van der Waals surface area contributed by atoms with E-state index in [1.807, 2.05) is 5.32 Å². The van der Waals surface area contributed by atoms with Gasteiger partial charge in [-0.3, -0.25) is 14.4 Å². The number of amides is 3. The Balaban J connectivity index is 1.42. The SMILES string of the molecule is COc1ccc(/C=C(\NC(=O)c2ccccc2)C(=O)Nc2ccc(SCC(=O)Nc3c(F)c(F)cc(F)c3F)cc2)cc1. The molecule has 0 spiro atoms. The molecule has 0 aromatic heterocycles. The Labute approximate surface area is 248 Å². The quantitative estimate of drug-likeness (QED) is 0.0838. The van der Waals surface area contributed by atoms with E-state index in [0.717, 1.165) is 11.8 Å². The standard InChI is InChI=1S/C31H23F4N3O4S/c1-42-21-11-7-18(8-12-21)15-25(37-30(40)19-5-3-2-4-6-19)31(41)36-20-9-13-22(14-10-20)43-17-26(39)38-29-27(34)23(32)16-24(33)28(29)35/h2-16H,17H2,1H3,(H,36,41)(H,37,40)(H,38,39)/b25-15-. The number of benzene rings is 4. The fourth-order valence-electron chi connectivity index (χ4n) is 3.65. The first-order chi connectivity index (χ1) is 20.6. The third-order valence-corrected chi connectivity index (χ3v) is 6.83. The number of hydrogen-bond acceptors (Lipinski definition) is 5. The maximum Gasteiger partial charge on any atom is 0.272 e. The molecule has 7 nitrogen and oxygen atoms in total. The minimum atomic E-state index is -1.71. The Kier molecular flexibility index (Phi) is 10.2. The van der Waals surface area contributed by atoms with Crippen molar-refractivity contribution in [2.45, 2.75) is 4.90 Å². The van der Waals surface area contributed by atoms with Crippen LogP contribution in [0, 0.1) is 23.3 Å². The third-order valence-electron chi connectivity index (χ3n) is 5.81. The highest BCUT2D eigenvalue weighted by molar-refractivity contribution is 8.00. The van der Waals surface area contributed by atoms with Crippen LogP contribution in [0.4, 0.5) is 28.9 Å². The lowest BCUT2D eigenvalue weighted by molar-refractivity contribution is -0.114. The predicted molar refractivity (Wildman–Crippen MR) is 156 cm³/mol. The zero-order valence-electron chi connectivity index (χ0n) is 22.4. The number of nitrogens with one attached hydrogen (secondary N) is 3. The molecule has 0 aliphatic heterocycles. The molecule has 0 bridgehead atoms. The average molecular weight is 610 g/mol. The fraction of sp³-hybridized carbons (Fsp3) is 0.0645. The van der Waals surface area contributed by atoms with Crippen LogP contribution in [0.3, 0.4) is 0 Å². The average Bonchev–Trinajstić information content (AvgIpc) is 3.02. The van der Waals surface area contributed by atoms with E-state index < -0.39 is 46.7 Å². The molecule has 4 rings (SSSR count).